The molecular weight excluding hydrogens is 452 g/mol. The molecule has 1 aromatic carbocycles. The molecule has 1 fully saturated rings. The molecule has 1 atom stereocenters. The summed E-state index contributed by atoms with van der Waals surface area (Å²) in [6, 6.07) is 7.31. The molecule has 1 aromatic rings. The molecule has 33 heavy (non-hydrogen) atoms. The fraction of sp³-hybridized carbons (Fsp3) is 0.480. The summed E-state index contributed by atoms with van der Waals surface area (Å²) < 4.78 is 35.0. The Hall–Kier alpha value is -2.16. The third-order valence-corrected chi connectivity index (χ3v) is 11.2. The lowest BCUT2D eigenvalue weighted by molar-refractivity contribution is -0.134. The lowest BCUT2D eigenvalue weighted by Gasteiger charge is -2.43. The zero-order chi connectivity index (χ0) is 24.1. The molecule has 2 aliphatic heterocycles. The lowest BCUT2D eigenvalue weighted by Crippen LogP contribution is -2.54. The van der Waals surface area contributed by atoms with Crippen LogP contribution in [0.15, 0.2) is 64.9 Å². The molecule has 2 heterocycles. The van der Waals surface area contributed by atoms with Gasteiger partial charge in [0.25, 0.3) is 10.0 Å². The molecule has 180 valence electrons. The van der Waals surface area contributed by atoms with Gasteiger partial charge in [-0.3, -0.25) is 4.31 Å². The number of carbonyl (C=O) groups is 1. The zero-order valence-electron chi connectivity index (χ0n) is 20.2. The Bertz CT molecular complexity index is 1030. The van der Waals surface area contributed by atoms with Crippen LogP contribution in [0, 0.1) is 6.92 Å². The van der Waals surface area contributed by atoms with Crippen LogP contribution >= 0.6 is 0 Å². The third-order valence-electron chi connectivity index (χ3n) is 6.43. The number of piperidine rings is 1. The zero-order valence-corrected chi connectivity index (χ0v) is 22.0. The van der Waals surface area contributed by atoms with Crippen LogP contribution in [0.2, 0.25) is 13.1 Å². The summed E-state index contributed by atoms with van der Waals surface area (Å²) in [6.45, 7) is 7.95. The van der Waals surface area contributed by atoms with Crippen molar-refractivity contribution in [1.82, 2.24) is 8.87 Å². The minimum absolute atomic E-state index is 0.285. The molecule has 8 heteroatoms. The van der Waals surface area contributed by atoms with E-state index in [4.69, 9.17) is 4.74 Å². The molecule has 0 saturated carbocycles. The Kier molecular flexibility index (Phi) is 8.36. The second-order valence-corrected chi connectivity index (χ2v) is 15.5. The molecule has 0 radical (unpaired) electrons. The van der Waals surface area contributed by atoms with Crippen LogP contribution in [-0.2, 0) is 19.6 Å². The Balaban J connectivity index is 1.77. The van der Waals surface area contributed by atoms with Gasteiger partial charge in [-0.2, -0.15) is 0 Å². The molecule has 0 amide bonds. The van der Waals surface area contributed by atoms with Gasteiger partial charge in [0.1, 0.15) is 8.24 Å². The van der Waals surface area contributed by atoms with Gasteiger partial charge in [-0.05, 0) is 56.9 Å². The van der Waals surface area contributed by atoms with Gasteiger partial charge in [-0.25, -0.2) is 13.2 Å². The quantitative estimate of drug-likeness (QED) is 0.320. The first-order chi connectivity index (χ1) is 15.6. The van der Waals surface area contributed by atoms with Gasteiger partial charge in [-0.1, -0.05) is 55.1 Å². The minimum Gasteiger partial charge on any atom is -0.466 e. The topological polar surface area (TPSA) is 66.9 Å². The summed E-state index contributed by atoms with van der Waals surface area (Å²) in [6.07, 6.45) is 12.7. The van der Waals surface area contributed by atoms with Crippen LogP contribution < -0.4 is 0 Å². The summed E-state index contributed by atoms with van der Waals surface area (Å²) >= 11 is 0. The number of ether oxygens (including phenoxy) is 1. The number of rotatable bonds is 7. The van der Waals surface area contributed by atoms with Gasteiger partial charge in [0.05, 0.1) is 12.0 Å². The maximum Gasteiger partial charge on any atom is 0.329 e. The predicted octanol–water partition coefficient (Wildman–Crippen LogP) is 4.55. The Morgan fingerprint density at radius 1 is 1.12 bits per heavy atom. The third kappa shape index (κ3) is 6.46. The van der Waals surface area contributed by atoms with Crippen LogP contribution in [0.25, 0.3) is 0 Å². The maximum atomic E-state index is 13.1. The minimum atomic E-state index is -3.54. The van der Waals surface area contributed by atoms with Crippen molar-refractivity contribution >= 4 is 24.2 Å². The van der Waals surface area contributed by atoms with Gasteiger partial charge in [0, 0.05) is 24.9 Å². The Morgan fingerprint density at radius 3 is 2.55 bits per heavy atom. The van der Waals surface area contributed by atoms with Crippen molar-refractivity contribution in [2.45, 2.75) is 63.1 Å². The lowest BCUT2D eigenvalue weighted by atomic mass is 10.0. The molecule has 0 aromatic heterocycles. The normalized spacial score (nSPS) is 20.9. The molecule has 0 spiro atoms. The number of aryl methyl sites for hydroxylation is 1. The average molecular weight is 489 g/mol. The van der Waals surface area contributed by atoms with Crippen molar-refractivity contribution in [2.75, 3.05) is 20.2 Å². The number of sulfonamides is 1. The van der Waals surface area contributed by atoms with Crippen LogP contribution in [0.1, 0.15) is 37.7 Å². The summed E-state index contributed by atoms with van der Waals surface area (Å²) in [5.41, 5.74) is 4.12. The first kappa shape index (κ1) is 25.5. The van der Waals surface area contributed by atoms with E-state index in [1.807, 2.05) is 24.8 Å². The van der Waals surface area contributed by atoms with Crippen molar-refractivity contribution in [1.29, 1.82) is 0 Å². The summed E-state index contributed by atoms with van der Waals surface area (Å²) in [5, 5.41) is 0. The number of hydrogen-bond acceptors (Lipinski definition) is 5. The standard InChI is InChI=1S/C25H36N2O4SSi/c1-21-10-14-24(15-11-21)32(29,30)26-17-7-8-22(20-26)12-13-23-9-5-6-18-27(23)33(3,4)19-16-25(28)31-2/h10-16,19-20,23H,5-9,17-18H2,1-4H3/b13-12+,19-16+/t23-/m1/s1. The Labute approximate surface area is 199 Å². The first-order valence-electron chi connectivity index (χ1n) is 11.6. The molecule has 0 bridgehead atoms. The second-order valence-electron chi connectivity index (χ2n) is 9.36. The van der Waals surface area contributed by atoms with Crippen LogP contribution in [-0.4, -0.2) is 57.7 Å². The smallest absolute Gasteiger partial charge is 0.329 e. The van der Waals surface area contributed by atoms with E-state index in [1.54, 1.807) is 24.4 Å². The molecule has 6 nitrogen and oxygen atoms in total. The van der Waals surface area contributed by atoms with E-state index in [9.17, 15) is 13.2 Å². The summed E-state index contributed by atoms with van der Waals surface area (Å²) in [5.74, 6) is -0.318. The number of hydrogen-bond donors (Lipinski definition) is 0. The monoisotopic (exact) mass is 488 g/mol. The maximum absolute atomic E-state index is 13.1. The van der Waals surface area contributed by atoms with E-state index >= 15 is 0 Å². The van der Waals surface area contributed by atoms with E-state index < -0.39 is 18.3 Å². The number of nitrogens with zero attached hydrogens (tertiary/aromatic N) is 2. The molecule has 1 saturated heterocycles. The molecular formula is C25H36N2O4SSi. The number of benzene rings is 1. The molecule has 3 rings (SSSR count). The van der Waals surface area contributed by atoms with E-state index in [2.05, 4.69) is 29.8 Å². The number of methoxy groups -OCH3 is 1. The number of carbonyl (C=O) groups excluding carboxylic acids is 1. The van der Waals surface area contributed by atoms with Crippen LogP contribution in [0.5, 0.6) is 0 Å². The second kappa shape index (κ2) is 10.8. The predicted molar refractivity (Wildman–Crippen MR) is 135 cm³/mol. The largest absolute Gasteiger partial charge is 0.466 e. The van der Waals surface area contributed by atoms with E-state index in [1.165, 1.54) is 17.8 Å². The van der Waals surface area contributed by atoms with Crippen LogP contribution in [0.3, 0.4) is 0 Å². The van der Waals surface area contributed by atoms with Crippen LogP contribution in [0.4, 0.5) is 0 Å². The highest BCUT2D eigenvalue weighted by Crippen LogP contribution is 2.28. The van der Waals surface area contributed by atoms with Gasteiger partial charge in [0.15, 0.2) is 0 Å². The highest BCUT2D eigenvalue weighted by atomic mass is 32.2. The van der Waals surface area contributed by atoms with Gasteiger partial charge < -0.3 is 9.30 Å². The van der Waals surface area contributed by atoms with Gasteiger partial charge in [-0.15, -0.1) is 0 Å². The summed E-state index contributed by atoms with van der Waals surface area (Å²) in [7, 11) is -4.09. The number of allylic oxidation sites excluding steroid dienone is 2. The van der Waals surface area contributed by atoms with Crippen molar-refractivity contribution in [2.24, 2.45) is 0 Å². The Morgan fingerprint density at radius 2 is 1.85 bits per heavy atom. The van der Waals surface area contributed by atoms with Gasteiger partial charge >= 0.3 is 5.97 Å². The van der Waals surface area contributed by atoms with Crippen molar-refractivity contribution in [3.63, 3.8) is 0 Å². The molecule has 0 aliphatic carbocycles. The van der Waals surface area contributed by atoms with Crippen molar-refractivity contribution in [3.8, 4) is 0 Å². The summed E-state index contributed by atoms with van der Waals surface area (Å²) in [4.78, 5) is 11.9. The average Bonchev–Trinajstić information content (AvgIpc) is 2.82. The molecule has 0 N–H and O–H groups in total. The van der Waals surface area contributed by atoms with Gasteiger partial charge in [0.2, 0.25) is 0 Å². The fourth-order valence-corrected chi connectivity index (χ4v) is 8.39. The van der Waals surface area contributed by atoms with E-state index in [0.717, 1.165) is 43.4 Å². The highest BCUT2D eigenvalue weighted by Gasteiger charge is 2.33. The van der Waals surface area contributed by atoms with E-state index in [0.29, 0.717) is 11.4 Å². The molecule has 0 unspecified atom stereocenters. The highest BCUT2D eigenvalue weighted by molar-refractivity contribution is 7.89. The molecule has 2 aliphatic rings. The number of esters is 1. The van der Waals surface area contributed by atoms with Crippen molar-refractivity contribution in [3.05, 3.63) is 65.5 Å². The van der Waals surface area contributed by atoms with Crippen molar-refractivity contribution < 1.29 is 17.9 Å². The first-order valence-corrected chi connectivity index (χ1v) is 16.1. The van der Waals surface area contributed by atoms with E-state index in [-0.39, 0.29) is 12.0 Å². The SMILES string of the molecule is COC(=O)/C=C/[Si](C)(C)N1CCCC[C@@H]1/C=C/C1=CN(S(=O)(=O)c2ccc(C)cc2)CCC1. The fourth-order valence-electron chi connectivity index (χ4n) is 4.46.